The molecule has 3 heterocycles. The van der Waals surface area contributed by atoms with Gasteiger partial charge in [-0.05, 0) is 43.0 Å². The van der Waals surface area contributed by atoms with Crippen LogP contribution in [0.3, 0.4) is 0 Å². The van der Waals surface area contributed by atoms with Crippen LogP contribution in [0.2, 0.25) is 0 Å². The molecule has 4 rings (SSSR count). The summed E-state index contributed by atoms with van der Waals surface area (Å²) in [5.41, 5.74) is 5.05. The van der Waals surface area contributed by atoms with Crippen LogP contribution in [0, 0.1) is 6.92 Å². The molecular formula is C22H24N4O. The van der Waals surface area contributed by atoms with E-state index in [1.165, 1.54) is 11.1 Å². The van der Waals surface area contributed by atoms with Gasteiger partial charge in [-0.1, -0.05) is 36.4 Å². The van der Waals surface area contributed by atoms with Gasteiger partial charge in [-0.25, -0.2) is 4.98 Å². The largest absolute Gasteiger partial charge is 0.337 e. The minimum absolute atomic E-state index is 0.0209. The molecule has 0 spiro atoms. The third-order valence-corrected chi connectivity index (χ3v) is 5.21. The van der Waals surface area contributed by atoms with E-state index in [0.29, 0.717) is 12.2 Å². The maximum Gasteiger partial charge on any atom is 0.272 e. The van der Waals surface area contributed by atoms with Gasteiger partial charge >= 0.3 is 0 Å². The van der Waals surface area contributed by atoms with Crippen LogP contribution in [0.5, 0.6) is 0 Å². The topological polar surface area (TPSA) is 61.9 Å². The highest BCUT2D eigenvalue weighted by atomic mass is 16.2. The van der Waals surface area contributed by atoms with E-state index in [2.05, 4.69) is 39.4 Å². The fraction of sp³-hybridized carbons (Fsp3) is 0.318. The number of hydrogen-bond donors (Lipinski definition) is 1. The second-order valence-electron chi connectivity index (χ2n) is 7.23. The zero-order chi connectivity index (χ0) is 18.6. The Morgan fingerprint density at radius 2 is 2.04 bits per heavy atom. The number of carbonyl (C=O) groups is 1. The van der Waals surface area contributed by atoms with Gasteiger partial charge in [-0.3, -0.25) is 9.89 Å². The molecule has 2 aromatic heterocycles. The second kappa shape index (κ2) is 7.74. The van der Waals surface area contributed by atoms with Crippen molar-refractivity contribution in [2.45, 2.75) is 32.1 Å². The molecule has 138 valence electrons. The molecule has 1 amide bonds. The third kappa shape index (κ3) is 3.92. The number of aromatic amines is 1. The average Bonchev–Trinajstić information content (AvgIpc) is 3.16. The number of hydrogen-bond acceptors (Lipinski definition) is 3. The number of H-pyrrole nitrogens is 1. The van der Waals surface area contributed by atoms with E-state index >= 15 is 0 Å². The Morgan fingerprint density at radius 1 is 1.19 bits per heavy atom. The van der Waals surface area contributed by atoms with Gasteiger partial charge in [0.25, 0.3) is 5.91 Å². The van der Waals surface area contributed by atoms with Gasteiger partial charge in [-0.15, -0.1) is 0 Å². The van der Waals surface area contributed by atoms with Crippen molar-refractivity contribution in [1.29, 1.82) is 0 Å². The van der Waals surface area contributed by atoms with Crippen molar-refractivity contribution in [1.82, 2.24) is 20.1 Å². The van der Waals surface area contributed by atoms with Crippen LogP contribution in [-0.2, 0) is 6.42 Å². The highest BCUT2D eigenvalue weighted by molar-refractivity contribution is 5.92. The number of aryl methyl sites for hydroxylation is 1. The predicted octanol–water partition coefficient (Wildman–Crippen LogP) is 3.72. The molecule has 1 saturated heterocycles. The highest BCUT2D eigenvalue weighted by Crippen LogP contribution is 2.29. The molecule has 1 fully saturated rings. The van der Waals surface area contributed by atoms with Crippen LogP contribution in [0.1, 0.15) is 51.8 Å². The molecule has 1 aliphatic heterocycles. The summed E-state index contributed by atoms with van der Waals surface area (Å²) < 4.78 is 0. The lowest BCUT2D eigenvalue weighted by Gasteiger charge is -2.32. The number of rotatable bonds is 4. The van der Waals surface area contributed by atoms with Gasteiger partial charge in [0.2, 0.25) is 0 Å². The molecule has 0 aliphatic carbocycles. The van der Waals surface area contributed by atoms with Crippen LogP contribution >= 0.6 is 0 Å². The molecule has 1 atom stereocenters. The maximum atomic E-state index is 12.9. The Labute approximate surface area is 159 Å². The summed E-state index contributed by atoms with van der Waals surface area (Å²) in [5.74, 6) is 0.307. The lowest BCUT2D eigenvalue weighted by atomic mass is 9.90. The quantitative estimate of drug-likeness (QED) is 0.771. The SMILES string of the molecule is Cc1cccc(C(=O)N2CCCC(c3[nH]ncc3Cc3ccccc3)C2)n1. The van der Waals surface area contributed by atoms with E-state index in [1.54, 1.807) is 6.07 Å². The minimum atomic E-state index is 0.0209. The summed E-state index contributed by atoms with van der Waals surface area (Å²) in [6.45, 7) is 3.40. The number of nitrogens with one attached hydrogen (secondary N) is 1. The molecule has 0 bridgehead atoms. The van der Waals surface area contributed by atoms with Crippen molar-refractivity contribution in [3.63, 3.8) is 0 Å². The Balaban J connectivity index is 1.51. The number of carbonyl (C=O) groups excluding carboxylic acids is 1. The second-order valence-corrected chi connectivity index (χ2v) is 7.23. The summed E-state index contributed by atoms with van der Waals surface area (Å²) >= 11 is 0. The van der Waals surface area contributed by atoms with E-state index in [1.807, 2.05) is 36.2 Å². The minimum Gasteiger partial charge on any atom is -0.337 e. The number of benzene rings is 1. The molecule has 1 N–H and O–H groups in total. The third-order valence-electron chi connectivity index (χ3n) is 5.21. The summed E-state index contributed by atoms with van der Waals surface area (Å²) in [4.78, 5) is 19.2. The normalized spacial score (nSPS) is 17.1. The molecule has 1 unspecified atom stereocenters. The fourth-order valence-corrected chi connectivity index (χ4v) is 3.85. The van der Waals surface area contributed by atoms with Crippen molar-refractivity contribution in [3.05, 3.63) is 82.9 Å². The standard InChI is InChI=1S/C22H24N4O/c1-16-7-5-11-20(24-16)22(27)26-12-6-10-18(15-26)21-19(14-23-25-21)13-17-8-3-2-4-9-17/h2-5,7-9,11,14,18H,6,10,12-13,15H2,1H3,(H,23,25). The van der Waals surface area contributed by atoms with Crippen molar-refractivity contribution in [2.75, 3.05) is 13.1 Å². The molecule has 5 nitrogen and oxygen atoms in total. The van der Waals surface area contributed by atoms with E-state index in [-0.39, 0.29) is 11.8 Å². The Morgan fingerprint density at radius 3 is 2.85 bits per heavy atom. The van der Waals surface area contributed by atoms with Crippen molar-refractivity contribution in [3.8, 4) is 0 Å². The Hall–Kier alpha value is -2.95. The maximum absolute atomic E-state index is 12.9. The van der Waals surface area contributed by atoms with Crippen molar-refractivity contribution in [2.24, 2.45) is 0 Å². The van der Waals surface area contributed by atoms with E-state index in [4.69, 9.17) is 0 Å². The number of amides is 1. The summed E-state index contributed by atoms with van der Waals surface area (Å²) in [6, 6.07) is 16.0. The molecule has 1 aliphatic rings. The van der Waals surface area contributed by atoms with E-state index < -0.39 is 0 Å². The number of piperidine rings is 1. The number of likely N-dealkylation sites (tertiary alicyclic amines) is 1. The van der Waals surface area contributed by atoms with Crippen LogP contribution in [0.4, 0.5) is 0 Å². The molecule has 27 heavy (non-hydrogen) atoms. The van der Waals surface area contributed by atoms with Gasteiger partial charge in [0.1, 0.15) is 5.69 Å². The monoisotopic (exact) mass is 360 g/mol. The first-order chi connectivity index (χ1) is 13.2. The van der Waals surface area contributed by atoms with Gasteiger partial charge in [0.05, 0.1) is 6.20 Å². The van der Waals surface area contributed by atoms with E-state index in [9.17, 15) is 4.79 Å². The Bertz CT molecular complexity index is 919. The summed E-state index contributed by atoms with van der Waals surface area (Å²) in [6.07, 6.45) is 4.84. The number of nitrogens with zero attached hydrogens (tertiary/aromatic N) is 3. The average molecular weight is 360 g/mol. The zero-order valence-corrected chi connectivity index (χ0v) is 15.6. The van der Waals surface area contributed by atoms with E-state index in [0.717, 1.165) is 37.2 Å². The molecule has 0 radical (unpaired) electrons. The molecule has 0 saturated carbocycles. The van der Waals surface area contributed by atoms with Crippen LogP contribution < -0.4 is 0 Å². The molecule has 3 aromatic rings. The van der Waals surface area contributed by atoms with Gasteiger partial charge < -0.3 is 4.90 Å². The zero-order valence-electron chi connectivity index (χ0n) is 15.6. The van der Waals surface area contributed by atoms with Crippen molar-refractivity contribution < 1.29 is 4.79 Å². The first-order valence-corrected chi connectivity index (χ1v) is 9.49. The molecular weight excluding hydrogens is 336 g/mol. The van der Waals surface area contributed by atoms with Gasteiger partial charge in [-0.2, -0.15) is 5.10 Å². The summed E-state index contributed by atoms with van der Waals surface area (Å²) in [5, 5.41) is 7.49. The van der Waals surface area contributed by atoms with Crippen LogP contribution in [0.25, 0.3) is 0 Å². The predicted molar refractivity (Wildman–Crippen MR) is 105 cm³/mol. The van der Waals surface area contributed by atoms with Crippen LogP contribution in [0.15, 0.2) is 54.7 Å². The lowest BCUT2D eigenvalue weighted by Crippen LogP contribution is -2.39. The fourth-order valence-electron chi connectivity index (χ4n) is 3.85. The Kier molecular flexibility index (Phi) is 5.01. The highest BCUT2D eigenvalue weighted by Gasteiger charge is 2.28. The van der Waals surface area contributed by atoms with Gasteiger partial charge in [0, 0.05) is 36.8 Å². The molecule has 1 aromatic carbocycles. The molecule has 5 heteroatoms. The van der Waals surface area contributed by atoms with Crippen molar-refractivity contribution >= 4 is 5.91 Å². The first kappa shape index (κ1) is 17.5. The number of pyridine rings is 1. The van der Waals surface area contributed by atoms with Gasteiger partial charge in [0.15, 0.2) is 0 Å². The lowest BCUT2D eigenvalue weighted by molar-refractivity contribution is 0.0699. The summed E-state index contributed by atoms with van der Waals surface area (Å²) in [7, 11) is 0. The number of aromatic nitrogens is 3. The smallest absolute Gasteiger partial charge is 0.272 e. The van der Waals surface area contributed by atoms with Crippen LogP contribution in [-0.4, -0.2) is 39.1 Å². The first-order valence-electron chi connectivity index (χ1n) is 9.49.